The largest absolute Gasteiger partial charge is 0.338 e. The molecule has 1 heterocycles. The number of carbonyl (C=O) groups is 2. The van der Waals surface area contributed by atoms with Crippen molar-refractivity contribution < 1.29 is 14.0 Å². The second-order valence-corrected chi connectivity index (χ2v) is 7.54. The molecule has 0 spiro atoms. The van der Waals surface area contributed by atoms with E-state index in [9.17, 15) is 14.0 Å². The van der Waals surface area contributed by atoms with Crippen molar-refractivity contribution in [2.75, 3.05) is 26.2 Å². The molecule has 0 atom stereocenters. The van der Waals surface area contributed by atoms with E-state index in [1.54, 1.807) is 24.0 Å². The molecule has 0 aliphatic carbocycles. The van der Waals surface area contributed by atoms with Crippen LogP contribution < -0.4 is 0 Å². The molecule has 1 aliphatic rings. The lowest BCUT2D eigenvalue weighted by atomic mass is 9.83. The number of rotatable bonds is 3. The highest BCUT2D eigenvalue weighted by atomic mass is 19.1. The monoisotopic (exact) mass is 368 g/mol. The third-order valence-electron chi connectivity index (χ3n) is 5.30. The Bertz CT molecular complexity index is 841. The zero-order chi connectivity index (χ0) is 19.6. The summed E-state index contributed by atoms with van der Waals surface area (Å²) in [4.78, 5) is 29.1. The van der Waals surface area contributed by atoms with Gasteiger partial charge in [0.25, 0.3) is 5.91 Å². The summed E-state index contributed by atoms with van der Waals surface area (Å²) in [5.41, 5.74) is 1.23. The van der Waals surface area contributed by atoms with E-state index in [2.05, 4.69) is 0 Å². The highest BCUT2D eigenvalue weighted by Gasteiger charge is 2.35. The van der Waals surface area contributed by atoms with E-state index < -0.39 is 5.41 Å². The lowest BCUT2D eigenvalue weighted by Crippen LogP contribution is -2.54. The Morgan fingerprint density at radius 1 is 0.926 bits per heavy atom. The zero-order valence-electron chi connectivity index (χ0n) is 16.0. The van der Waals surface area contributed by atoms with Crippen LogP contribution in [-0.2, 0) is 10.2 Å². The molecule has 4 nitrogen and oxygen atoms in total. The van der Waals surface area contributed by atoms with Gasteiger partial charge >= 0.3 is 0 Å². The molecule has 142 valence electrons. The van der Waals surface area contributed by atoms with Gasteiger partial charge in [-0.3, -0.25) is 9.59 Å². The molecule has 5 heteroatoms. The zero-order valence-corrected chi connectivity index (χ0v) is 16.0. The van der Waals surface area contributed by atoms with E-state index in [0.717, 1.165) is 5.56 Å². The van der Waals surface area contributed by atoms with Crippen LogP contribution in [0.4, 0.5) is 4.39 Å². The predicted octanol–water partition coefficient (Wildman–Crippen LogP) is 3.40. The molecule has 0 N–H and O–H groups in total. The van der Waals surface area contributed by atoms with Crippen LogP contribution in [-0.4, -0.2) is 47.8 Å². The van der Waals surface area contributed by atoms with Crippen molar-refractivity contribution >= 4 is 11.8 Å². The van der Waals surface area contributed by atoms with Crippen molar-refractivity contribution in [1.29, 1.82) is 0 Å². The first kappa shape index (κ1) is 19.1. The predicted molar refractivity (Wildman–Crippen MR) is 103 cm³/mol. The van der Waals surface area contributed by atoms with Gasteiger partial charge < -0.3 is 9.80 Å². The van der Waals surface area contributed by atoms with Crippen LogP contribution in [0, 0.1) is 12.7 Å². The van der Waals surface area contributed by atoms with Crippen molar-refractivity contribution in [1.82, 2.24) is 9.80 Å². The highest BCUT2D eigenvalue weighted by molar-refractivity contribution is 5.94. The first-order valence-electron chi connectivity index (χ1n) is 9.21. The first-order chi connectivity index (χ1) is 12.8. The number of hydrogen-bond acceptors (Lipinski definition) is 2. The summed E-state index contributed by atoms with van der Waals surface area (Å²) in [5.74, 6) is -0.509. The standard InChI is InChI=1S/C22H25FN2O2/c1-16-9-10-17(15-19(16)23)20(26)24-11-13-25(14-12-24)21(27)22(2,3)18-7-5-4-6-8-18/h4-10,15H,11-14H2,1-3H3. The molecule has 27 heavy (non-hydrogen) atoms. The Morgan fingerprint density at radius 2 is 1.52 bits per heavy atom. The van der Waals surface area contributed by atoms with Crippen molar-refractivity contribution in [2.24, 2.45) is 0 Å². The maximum Gasteiger partial charge on any atom is 0.254 e. The second kappa shape index (κ2) is 7.51. The number of amides is 2. The number of hydrogen-bond donors (Lipinski definition) is 0. The number of nitrogens with zero attached hydrogens (tertiary/aromatic N) is 2. The average Bonchev–Trinajstić information content (AvgIpc) is 2.69. The number of benzene rings is 2. The fourth-order valence-electron chi connectivity index (χ4n) is 3.39. The minimum absolute atomic E-state index is 0.0576. The molecule has 2 aromatic rings. The van der Waals surface area contributed by atoms with Crippen molar-refractivity contribution in [3.63, 3.8) is 0 Å². The summed E-state index contributed by atoms with van der Waals surface area (Å²) in [5, 5.41) is 0. The Kier molecular flexibility index (Phi) is 5.31. The van der Waals surface area contributed by atoms with Gasteiger partial charge in [-0.2, -0.15) is 0 Å². The SMILES string of the molecule is Cc1ccc(C(=O)N2CCN(C(=O)C(C)(C)c3ccccc3)CC2)cc1F. The fraction of sp³-hybridized carbons (Fsp3) is 0.364. The van der Waals surface area contributed by atoms with Crippen LogP contribution in [0.5, 0.6) is 0 Å². The summed E-state index contributed by atoms with van der Waals surface area (Å²) in [6, 6.07) is 14.3. The van der Waals surface area contributed by atoms with Crippen LogP contribution >= 0.6 is 0 Å². The van der Waals surface area contributed by atoms with Crippen LogP contribution in [0.3, 0.4) is 0 Å². The third-order valence-corrected chi connectivity index (χ3v) is 5.30. The molecule has 2 amide bonds. The lowest BCUT2D eigenvalue weighted by Gasteiger charge is -2.38. The molecule has 0 radical (unpaired) electrons. The Balaban J connectivity index is 1.65. The number of carbonyl (C=O) groups excluding carboxylic acids is 2. The van der Waals surface area contributed by atoms with Gasteiger partial charge in [0.1, 0.15) is 5.82 Å². The highest BCUT2D eigenvalue weighted by Crippen LogP contribution is 2.26. The molecule has 1 aliphatic heterocycles. The van der Waals surface area contributed by atoms with E-state index in [4.69, 9.17) is 0 Å². The summed E-state index contributed by atoms with van der Waals surface area (Å²) < 4.78 is 13.7. The lowest BCUT2D eigenvalue weighted by molar-refractivity contribution is -0.137. The summed E-state index contributed by atoms with van der Waals surface area (Å²) in [6.45, 7) is 7.39. The normalized spacial score (nSPS) is 15.0. The van der Waals surface area contributed by atoms with Crippen LogP contribution in [0.1, 0.15) is 35.3 Å². The molecule has 1 saturated heterocycles. The Morgan fingerprint density at radius 3 is 2.11 bits per heavy atom. The number of halogens is 1. The molecule has 0 aromatic heterocycles. The van der Waals surface area contributed by atoms with Gasteiger partial charge in [-0.1, -0.05) is 36.4 Å². The van der Waals surface area contributed by atoms with Crippen molar-refractivity contribution in [2.45, 2.75) is 26.2 Å². The fourth-order valence-corrected chi connectivity index (χ4v) is 3.39. The maximum atomic E-state index is 13.7. The third kappa shape index (κ3) is 3.87. The van der Waals surface area contributed by atoms with E-state index >= 15 is 0 Å². The quantitative estimate of drug-likeness (QED) is 0.833. The van der Waals surface area contributed by atoms with Crippen LogP contribution in [0.15, 0.2) is 48.5 Å². The molecule has 0 unspecified atom stereocenters. The average molecular weight is 368 g/mol. The van der Waals surface area contributed by atoms with Gasteiger partial charge in [0.15, 0.2) is 0 Å². The minimum atomic E-state index is -0.618. The van der Waals surface area contributed by atoms with E-state index in [0.29, 0.717) is 37.3 Å². The summed E-state index contributed by atoms with van der Waals surface area (Å²) in [7, 11) is 0. The van der Waals surface area contributed by atoms with Gasteiger partial charge in [-0.25, -0.2) is 4.39 Å². The van der Waals surface area contributed by atoms with Gasteiger partial charge in [-0.15, -0.1) is 0 Å². The second-order valence-electron chi connectivity index (χ2n) is 7.54. The molecule has 1 fully saturated rings. The molecule has 0 saturated carbocycles. The molecular weight excluding hydrogens is 343 g/mol. The van der Waals surface area contributed by atoms with E-state index in [-0.39, 0.29) is 17.6 Å². The maximum absolute atomic E-state index is 13.7. The Labute approximate surface area is 159 Å². The molecule has 0 bridgehead atoms. The topological polar surface area (TPSA) is 40.6 Å². The minimum Gasteiger partial charge on any atom is -0.338 e. The molecule has 3 rings (SSSR count). The van der Waals surface area contributed by atoms with E-state index in [1.807, 2.05) is 49.1 Å². The van der Waals surface area contributed by atoms with Crippen molar-refractivity contribution in [3.8, 4) is 0 Å². The van der Waals surface area contributed by atoms with Crippen LogP contribution in [0.25, 0.3) is 0 Å². The van der Waals surface area contributed by atoms with Gasteiger partial charge in [0, 0.05) is 31.7 Å². The molecule has 2 aromatic carbocycles. The van der Waals surface area contributed by atoms with Gasteiger partial charge in [0.05, 0.1) is 5.41 Å². The van der Waals surface area contributed by atoms with Gasteiger partial charge in [0.2, 0.25) is 5.91 Å². The van der Waals surface area contributed by atoms with Gasteiger partial charge in [-0.05, 0) is 44.0 Å². The van der Waals surface area contributed by atoms with E-state index in [1.165, 1.54) is 6.07 Å². The Hall–Kier alpha value is -2.69. The van der Waals surface area contributed by atoms with Crippen LogP contribution in [0.2, 0.25) is 0 Å². The summed E-state index contributed by atoms with van der Waals surface area (Å²) in [6.07, 6.45) is 0. The smallest absolute Gasteiger partial charge is 0.254 e. The first-order valence-corrected chi connectivity index (χ1v) is 9.21. The summed E-state index contributed by atoms with van der Waals surface area (Å²) >= 11 is 0. The molecular formula is C22H25FN2O2. The van der Waals surface area contributed by atoms with Crippen molar-refractivity contribution in [3.05, 3.63) is 71.0 Å². The number of piperazine rings is 1. The number of aryl methyl sites for hydroxylation is 1.